The minimum absolute atomic E-state index is 0.0217. The molecule has 0 aliphatic rings. The molecule has 0 fully saturated rings. The quantitative estimate of drug-likeness (QED) is 0.608. The third-order valence-corrected chi connectivity index (χ3v) is 3.38. The summed E-state index contributed by atoms with van der Waals surface area (Å²) >= 11 is 0. The molecule has 0 saturated carbocycles. The molecule has 2 rings (SSSR count). The van der Waals surface area contributed by atoms with Crippen molar-refractivity contribution in [3.63, 3.8) is 0 Å². The zero-order valence-corrected chi connectivity index (χ0v) is 12.2. The second-order valence-electron chi connectivity index (χ2n) is 4.95. The number of allylic oxidation sites excluding steroid dienone is 1. The molecule has 0 heterocycles. The van der Waals surface area contributed by atoms with Crippen molar-refractivity contribution in [2.45, 2.75) is 12.3 Å². The lowest BCUT2D eigenvalue weighted by Gasteiger charge is -2.13. The number of rotatable bonds is 7. The van der Waals surface area contributed by atoms with E-state index in [1.54, 1.807) is 24.3 Å². The number of phenols is 1. The Bertz CT molecular complexity index is 638. The van der Waals surface area contributed by atoms with E-state index in [9.17, 15) is 9.90 Å². The lowest BCUT2D eigenvalue weighted by atomic mass is 9.91. The Morgan fingerprint density at radius 2 is 1.95 bits per heavy atom. The van der Waals surface area contributed by atoms with Gasteiger partial charge in [-0.1, -0.05) is 48.5 Å². The molecular formula is C18H19NO3. The van der Waals surface area contributed by atoms with E-state index >= 15 is 0 Å². The highest BCUT2D eigenvalue weighted by Crippen LogP contribution is 2.22. The van der Waals surface area contributed by atoms with E-state index in [1.807, 2.05) is 36.4 Å². The van der Waals surface area contributed by atoms with Crippen LogP contribution in [0, 0.1) is 0 Å². The van der Waals surface area contributed by atoms with Crippen LogP contribution in [0.4, 0.5) is 0 Å². The van der Waals surface area contributed by atoms with Crippen molar-refractivity contribution in [1.29, 1.82) is 0 Å². The molecule has 0 amide bonds. The van der Waals surface area contributed by atoms with Gasteiger partial charge in [0.1, 0.15) is 5.75 Å². The number of benzene rings is 2. The predicted molar refractivity (Wildman–Crippen MR) is 86.1 cm³/mol. The van der Waals surface area contributed by atoms with Crippen LogP contribution in [0.2, 0.25) is 0 Å². The zero-order valence-electron chi connectivity index (χ0n) is 12.2. The summed E-state index contributed by atoms with van der Waals surface area (Å²) in [6.07, 6.45) is 3.74. The Balaban J connectivity index is 2.15. The second kappa shape index (κ2) is 8.12. The van der Waals surface area contributed by atoms with E-state index in [1.165, 1.54) is 6.08 Å². The number of phenolic OH excluding ortho intramolecular Hbond substituents is 1. The van der Waals surface area contributed by atoms with Crippen LogP contribution < -0.4 is 5.90 Å². The van der Waals surface area contributed by atoms with Crippen LogP contribution in [0.3, 0.4) is 0 Å². The zero-order chi connectivity index (χ0) is 15.8. The minimum atomic E-state index is -0.293. The van der Waals surface area contributed by atoms with Crippen molar-refractivity contribution in [2.75, 3.05) is 6.61 Å². The highest BCUT2D eigenvalue weighted by molar-refractivity contribution is 5.98. The third-order valence-electron chi connectivity index (χ3n) is 3.38. The topological polar surface area (TPSA) is 72.5 Å². The molecule has 0 aromatic heterocycles. The van der Waals surface area contributed by atoms with Crippen LogP contribution in [0.1, 0.15) is 23.5 Å². The van der Waals surface area contributed by atoms with Gasteiger partial charge in [-0.2, -0.15) is 0 Å². The number of hydrogen-bond donors (Lipinski definition) is 2. The Kier molecular flexibility index (Phi) is 5.89. The van der Waals surface area contributed by atoms with Crippen LogP contribution in [0.5, 0.6) is 5.75 Å². The van der Waals surface area contributed by atoms with E-state index < -0.39 is 0 Å². The van der Waals surface area contributed by atoms with Gasteiger partial charge in [0.05, 0.1) is 6.61 Å². The second-order valence-corrected chi connectivity index (χ2v) is 4.95. The van der Waals surface area contributed by atoms with E-state index in [4.69, 9.17) is 5.90 Å². The molecule has 0 bridgehead atoms. The summed E-state index contributed by atoms with van der Waals surface area (Å²) in [6.45, 7) is 0.311. The summed E-state index contributed by atoms with van der Waals surface area (Å²) in [5.41, 5.74) is 1.71. The summed E-state index contributed by atoms with van der Waals surface area (Å²) < 4.78 is 0. The molecule has 0 saturated heterocycles. The van der Waals surface area contributed by atoms with Gasteiger partial charge in [-0.25, -0.2) is 5.90 Å². The van der Waals surface area contributed by atoms with Gasteiger partial charge in [-0.3, -0.25) is 4.79 Å². The van der Waals surface area contributed by atoms with Gasteiger partial charge in [0.15, 0.2) is 5.78 Å². The summed E-state index contributed by atoms with van der Waals surface area (Å²) in [5, 5.41) is 9.43. The van der Waals surface area contributed by atoms with Gasteiger partial charge in [0.25, 0.3) is 0 Å². The highest BCUT2D eigenvalue weighted by atomic mass is 16.6. The molecule has 2 aromatic carbocycles. The van der Waals surface area contributed by atoms with Gasteiger partial charge < -0.3 is 9.94 Å². The van der Waals surface area contributed by atoms with Gasteiger partial charge in [-0.05, 0) is 35.8 Å². The fourth-order valence-corrected chi connectivity index (χ4v) is 2.27. The Labute approximate surface area is 129 Å². The van der Waals surface area contributed by atoms with Gasteiger partial charge in [-0.15, -0.1) is 0 Å². The molecule has 0 aliphatic heterocycles. The molecule has 0 unspecified atom stereocenters. The molecule has 1 atom stereocenters. The summed E-state index contributed by atoms with van der Waals surface area (Å²) in [5.74, 6) is 4.94. The first-order valence-corrected chi connectivity index (χ1v) is 7.08. The number of nitrogens with two attached hydrogens (primary N) is 1. The number of aromatic hydroxyl groups is 1. The largest absolute Gasteiger partial charge is 0.508 e. The molecule has 3 N–H and O–H groups in total. The van der Waals surface area contributed by atoms with Crippen molar-refractivity contribution in [3.05, 3.63) is 71.8 Å². The van der Waals surface area contributed by atoms with Crippen LogP contribution in [0.15, 0.2) is 60.7 Å². The maximum atomic E-state index is 12.5. The third kappa shape index (κ3) is 4.55. The van der Waals surface area contributed by atoms with Gasteiger partial charge in [0.2, 0.25) is 0 Å². The van der Waals surface area contributed by atoms with E-state index in [2.05, 4.69) is 4.84 Å². The minimum Gasteiger partial charge on any atom is -0.508 e. The highest BCUT2D eigenvalue weighted by Gasteiger charge is 2.17. The summed E-state index contributed by atoms with van der Waals surface area (Å²) in [7, 11) is 0. The summed E-state index contributed by atoms with van der Waals surface area (Å²) in [4.78, 5) is 17.1. The molecule has 0 aliphatic carbocycles. The molecular weight excluding hydrogens is 278 g/mol. The van der Waals surface area contributed by atoms with Crippen molar-refractivity contribution in [3.8, 4) is 5.75 Å². The molecule has 4 heteroatoms. The standard InChI is InChI=1S/C18H19NO3/c19-22-12-11-17(15-6-2-1-3-7-15)18(21)10-9-14-5-4-8-16(20)13-14/h1-10,13,17,20H,11-12,19H2/b10-9+/t17-/m0/s1. The molecule has 114 valence electrons. The van der Waals surface area contributed by atoms with E-state index in [0.29, 0.717) is 13.0 Å². The number of carbonyl (C=O) groups is 1. The molecule has 4 nitrogen and oxygen atoms in total. The predicted octanol–water partition coefficient (Wildman–Crippen LogP) is 3.04. The summed E-state index contributed by atoms with van der Waals surface area (Å²) in [6, 6.07) is 16.3. The fraction of sp³-hybridized carbons (Fsp3) is 0.167. The Hall–Kier alpha value is -2.43. The van der Waals surface area contributed by atoms with Crippen molar-refractivity contribution < 1.29 is 14.7 Å². The average Bonchev–Trinajstić information content (AvgIpc) is 2.54. The number of carbonyl (C=O) groups excluding carboxylic acids is 1. The SMILES string of the molecule is NOCC[C@H](C(=O)/C=C/c1cccc(O)c1)c1ccccc1. The van der Waals surface area contributed by atoms with Crippen molar-refractivity contribution >= 4 is 11.9 Å². The Morgan fingerprint density at radius 3 is 2.64 bits per heavy atom. The molecule has 0 radical (unpaired) electrons. The molecule has 0 spiro atoms. The van der Waals surface area contributed by atoms with E-state index in [0.717, 1.165) is 11.1 Å². The first kappa shape index (κ1) is 15.9. The number of hydrogen-bond acceptors (Lipinski definition) is 4. The maximum Gasteiger partial charge on any atom is 0.163 e. The van der Waals surface area contributed by atoms with Crippen LogP contribution >= 0.6 is 0 Å². The monoisotopic (exact) mass is 297 g/mol. The van der Waals surface area contributed by atoms with Crippen LogP contribution in [-0.2, 0) is 9.63 Å². The van der Waals surface area contributed by atoms with Crippen molar-refractivity contribution in [1.82, 2.24) is 0 Å². The lowest BCUT2D eigenvalue weighted by molar-refractivity contribution is -0.116. The van der Waals surface area contributed by atoms with Crippen molar-refractivity contribution in [2.24, 2.45) is 5.90 Å². The number of ketones is 1. The van der Waals surface area contributed by atoms with Crippen LogP contribution in [0.25, 0.3) is 6.08 Å². The smallest absolute Gasteiger partial charge is 0.163 e. The normalized spacial score (nSPS) is 12.4. The fourth-order valence-electron chi connectivity index (χ4n) is 2.27. The van der Waals surface area contributed by atoms with Gasteiger partial charge in [0, 0.05) is 5.92 Å². The van der Waals surface area contributed by atoms with E-state index in [-0.39, 0.29) is 17.5 Å². The Morgan fingerprint density at radius 1 is 1.18 bits per heavy atom. The first-order chi connectivity index (χ1) is 10.7. The van der Waals surface area contributed by atoms with Gasteiger partial charge >= 0.3 is 0 Å². The first-order valence-electron chi connectivity index (χ1n) is 7.08. The maximum absolute atomic E-state index is 12.5. The lowest BCUT2D eigenvalue weighted by Crippen LogP contribution is -2.14. The average molecular weight is 297 g/mol. The van der Waals surface area contributed by atoms with Crippen LogP contribution in [-0.4, -0.2) is 17.5 Å². The molecule has 22 heavy (non-hydrogen) atoms. The molecule has 2 aromatic rings.